The van der Waals surface area contributed by atoms with Crippen LogP contribution in [0.15, 0.2) is 35.3 Å². The fourth-order valence-corrected chi connectivity index (χ4v) is 2.72. The van der Waals surface area contributed by atoms with Gasteiger partial charge in [0, 0.05) is 25.2 Å². The highest BCUT2D eigenvalue weighted by Crippen LogP contribution is 2.10. The first kappa shape index (κ1) is 19.9. The Labute approximate surface area is 154 Å². The lowest BCUT2D eigenvalue weighted by molar-refractivity contribution is -0.138. The first-order chi connectivity index (χ1) is 12.5. The minimum Gasteiger partial charge on any atom is -0.332 e. The molecular formula is C18H28N6O2. The van der Waals surface area contributed by atoms with Gasteiger partial charge in [-0.2, -0.15) is 0 Å². The van der Waals surface area contributed by atoms with Crippen LogP contribution in [0.5, 0.6) is 0 Å². The van der Waals surface area contributed by atoms with Gasteiger partial charge in [-0.15, -0.1) is 0 Å². The van der Waals surface area contributed by atoms with Crippen molar-refractivity contribution in [2.75, 3.05) is 25.5 Å². The molecule has 2 rings (SSSR count). The van der Waals surface area contributed by atoms with E-state index in [9.17, 15) is 9.59 Å². The molecule has 142 valence electrons. The smallest absolute Gasteiger partial charge is 0.251 e. The zero-order valence-corrected chi connectivity index (χ0v) is 15.1. The molecule has 0 saturated carbocycles. The summed E-state index contributed by atoms with van der Waals surface area (Å²) in [5.74, 6) is -0.0252. The van der Waals surface area contributed by atoms with Gasteiger partial charge in [-0.05, 0) is 31.5 Å². The number of carbonyl (C=O) groups excluding carboxylic acids is 2. The summed E-state index contributed by atoms with van der Waals surface area (Å²) in [6, 6.07) is 8.59. The molecule has 1 aliphatic rings. The predicted octanol–water partition coefficient (Wildman–Crippen LogP) is 0.258. The fourth-order valence-electron chi connectivity index (χ4n) is 2.72. The molecular weight excluding hydrogens is 332 g/mol. The summed E-state index contributed by atoms with van der Waals surface area (Å²) in [5, 5.41) is 5.75. The van der Waals surface area contributed by atoms with Crippen LogP contribution in [0.4, 0.5) is 5.69 Å². The summed E-state index contributed by atoms with van der Waals surface area (Å²) < 4.78 is 0. The average Bonchev–Trinajstić information content (AvgIpc) is 2.62. The van der Waals surface area contributed by atoms with Gasteiger partial charge in [0.2, 0.25) is 11.9 Å². The number of hydrogen-bond donors (Lipinski definition) is 4. The van der Waals surface area contributed by atoms with Gasteiger partial charge in [-0.3, -0.25) is 14.9 Å². The lowest BCUT2D eigenvalue weighted by atomic mass is 10.1. The lowest BCUT2D eigenvalue weighted by Crippen LogP contribution is -2.55. The van der Waals surface area contributed by atoms with E-state index in [0.29, 0.717) is 12.5 Å². The number of anilines is 1. The standard InChI is InChI=1S/C18H28N6O2/c1-24(16(25)11-13(20)7-5-6-10-19)15-12-21-18(23-17(15)26)22-14-8-3-2-4-9-14/h2-4,8-9,13,15H,5-7,10-12,19-20H2,1H3,(H2,21,22,23,26)/t13-,15?/m0/s1. The molecule has 2 amide bonds. The Morgan fingerprint density at radius 3 is 2.77 bits per heavy atom. The summed E-state index contributed by atoms with van der Waals surface area (Å²) in [6.07, 6.45) is 2.76. The maximum Gasteiger partial charge on any atom is 0.251 e. The Kier molecular flexibility index (Phi) is 7.55. The van der Waals surface area contributed by atoms with Crippen molar-refractivity contribution in [3.8, 4) is 0 Å². The van der Waals surface area contributed by atoms with Crippen LogP contribution in [0.25, 0.3) is 0 Å². The van der Waals surface area contributed by atoms with Crippen LogP contribution in [0.1, 0.15) is 25.7 Å². The van der Waals surface area contributed by atoms with E-state index in [1.54, 1.807) is 7.05 Å². The van der Waals surface area contributed by atoms with Crippen molar-refractivity contribution in [1.29, 1.82) is 0 Å². The number of para-hydroxylation sites is 1. The molecule has 26 heavy (non-hydrogen) atoms. The molecule has 0 radical (unpaired) electrons. The number of carbonyl (C=O) groups is 2. The molecule has 8 heteroatoms. The number of benzene rings is 1. The van der Waals surface area contributed by atoms with Gasteiger partial charge in [0.25, 0.3) is 5.91 Å². The van der Waals surface area contributed by atoms with Crippen molar-refractivity contribution in [2.45, 2.75) is 37.8 Å². The molecule has 1 aromatic rings. The molecule has 0 fully saturated rings. The van der Waals surface area contributed by atoms with Gasteiger partial charge < -0.3 is 21.7 Å². The van der Waals surface area contributed by atoms with E-state index in [1.165, 1.54) is 4.90 Å². The normalized spacial score (nSPS) is 17.9. The Morgan fingerprint density at radius 1 is 1.38 bits per heavy atom. The summed E-state index contributed by atoms with van der Waals surface area (Å²) in [5.41, 5.74) is 12.3. The molecule has 6 N–H and O–H groups in total. The van der Waals surface area contributed by atoms with Crippen molar-refractivity contribution in [3.63, 3.8) is 0 Å². The second-order valence-corrected chi connectivity index (χ2v) is 6.44. The number of amides is 2. The van der Waals surface area contributed by atoms with Crippen LogP contribution >= 0.6 is 0 Å². The molecule has 1 unspecified atom stereocenters. The Morgan fingerprint density at radius 2 is 2.12 bits per heavy atom. The van der Waals surface area contributed by atoms with Crippen molar-refractivity contribution >= 4 is 23.5 Å². The highest BCUT2D eigenvalue weighted by atomic mass is 16.2. The number of guanidine groups is 1. The Bertz CT molecular complexity index is 634. The number of aliphatic imine (C=N–C) groups is 1. The third-order valence-corrected chi connectivity index (χ3v) is 4.33. The van der Waals surface area contributed by atoms with Gasteiger partial charge in [0.15, 0.2) is 0 Å². The zero-order valence-electron chi connectivity index (χ0n) is 15.1. The molecule has 8 nitrogen and oxygen atoms in total. The quantitative estimate of drug-likeness (QED) is 0.495. The predicted molar refractivity (Wildman–Crippen MR) is 103 cm³/mol. The molecule has 0 bridgehead atoms. The van der Waals surface area contributed by atoms with Crippen LogP contribution in [-0.2, 0) is 9.59 Å². The summed E-state index contributed by atoms with van der Waals surface area (Å²) in [4.78, 5) is 30.5. The fraction of sp³-hybridized carbons (Fsp3) is 0.500. The van der Waals surface area contributed by atoms with E-state index in [-0.39, 0.29) is 30.8 Å². The molecule has 0 spiro atoms. The molecule has 2 atom stereocenters. The van der Waals surface area contributed by atoms with Crippen molar-refractivity contribution < 1.29 is 9.59 Å². The first-order valence-electron chi connectivity index (χ1n) is 8.90. The molecule has 1 heterocycles. The van der Waals surface area contributed by atoms with Crippen molar-refractivity contribution in [1.82, 2.24) is 10.2 Å². The van der Waals surface area contributed by atoms with Gasteiger partial charge >= 0.3 is 0 Å². The monoisotopic (exact) mass is 360 g/mol. The van der Waals surface area contributed by atoms with Crippen molar-refractivity contribution in [3.05, 3.63) is 30.3 Å². The highest BCUT2D eigenvalue weighted by Gasteiger charge is 2.31. The van der Waals surface area contributed by atoms with E-state index in [1.807, 2.05) is 30.3 Å². The SMILES string of the molecule is CN(C(=O)C[C@@H](N)CCCCN)C1CN=C(Nc2ccccc2)NC1=O. The zero-order chi connectivity index (χ0) is 18.9. The van der Waals surface area contributed by atoms with E-state index >= 15 is 0 Å². The number of nitrogens with zero attached hydrogens (tertiary/aromatic N) is 2. The van der Waals surface area contributed by atoms with Crippen LogP contribution < -0.4 is 22.1 Å². The van der Waals surface area contributed by atoms with E-state index in [0.717, 1.165) is 24.9 Å². The maximum atomic E-state index is 12.4. The van der Waals surface area contributed by atoms with Crippen LogP contribution in [0.3, 0.4) is 0 Å². The Hall–Kier alpha value is -2.45. The third kappa shape index (κ3) is 5.82. The van der Waals surface area contributed by atoms with Gasteiger partial charge in [0.1, 0.15) is 6.04 Å². The van der Waals surface area contributed by atoms with Gasteiger partial charge in [-0.1, -0.05) is 24.6 Å². The second kappa shape index (κ2) is 9.88. The lowest BCUT2D eigenvalue weighted by Gasteiger charge is -2.30. The summed E-state index contributed by atoms with van der Waals surface area (Å²) in [7, 11) is 1.62. The van der Waals surface area contributed by atoms with Gasteiger partial charge in [0.05, 0.1) is 6.54 Å². The minimum atomic E-state index is -0.625. The average molecular weight is 360 g/mol. The number of rotatable bonds is 8. The minimum absolute atomic E-state index is 0.153. The number of nitrogens with two attached hydrogens (primary N) is 2. The Balaban J connectivity index is 1.86. The molecule has 0 aromatic heterocycles. The molecule has 1 aromatic carbocycles. The molecule has 0 aliphatic carbocycles. The van der Waals surface area contributed by atoms with E-state index in [4.69, 9.17) is 11.5 Å². The second-order valence-electron chi connectivity index (χ2n) is 6.44. The number of hydrogen-bond acceptors (Lipinski definition) is 6. The van der Waals surface area contributed by atoms with Crippen LogP contribution in [0, 0.1) is 0 Å². The summed E-state index contributed by atoms with van der Waals surface area (Å²) in [6.45, 7) is 0.839. The van der Waals surface area contributed by atoms with Crippen LogP contribution in [-0.4, -0.2) is 54.9 Å². The third-order valence-electron chi connectivity index (χ3n) is 4.33. The van der Waals surface area contributed by atoms with Gasteiger partial charge in [-0.25, -0.2) is 4.99 Å². The van der Waals surface area contributed by atoms with E-state index < -0.39 is 6.04 Å². The summed E-state index contributed by atoms with van der Waals surface area (Å²) >= 11 is 0. The number of unbranched alkanes of at least 4 members (excludes halogenated alkanes) is 1. The van der Waals surface area contributed by atoms with Crippen LogP contribution in [0.2, 0.25) is 0 Å². The topological polar surface area (TPSA) is 126 Å². The largest absolute Gasteiger partial charge is 0.332 e. The van der Waals surface area contributed by atoms with E-state index in [2.05, 4.69) is 15.6 Å². The number of nitrogens with one attached hydrogen (secondary N) is 2. The molecule has 1 aliphatic heterocycles. The van der Waals surface area contributed by atoms with Crippen molar-refractivity contribution in [2.24, 2.45) is 16.5 Å². The first-order valence-corrected chi connectivity index (χ1v) is 8.90. The maximum absolute atomic E-state index is 12.4. The molecule has 0 saturated heterocycles. The highest BCUT2D eigenvalue weighted by molar-refractivity contribution is 6.08. The number of likely N-dealkylation sites (N-methyl/N-ethyl adjacent to an activating group) is 1.